The van der Waals surface area contributed by atoms with Crippen LogP contribution in [0, 0.1) is 11.8 Å². The van der Waals surface area contributed by atoms with Gasteiger partial charge in [-0.2, -0.15) is 0 Å². The third kappa shape index (κ3) is 2.36. The third-order valence-corrected chi connectivity index (χ3v) is 11.1. The van der Waals surface area contributed by atoms with Gasteiger partial charge in [-0.3, -0.25) is 0 Å². The Morgan fingerprint density at radius 2 is 1.26 bits per heavy atom. The van der Waals surface area contributed by atoms with E-state index in [2.05, 4.69) is 36.5 Å². The van der Waals surface area contributed by atoms with Crippen LogP contribution in [0.25, 0.3) is 0 Å². The second-order valence-corrected chi connectivity index (χ2v) is 11.1. The fourth-order valence-corrected chi connectivity index (χ4v) is 10.1. The molecule has 4 atom stereocenters. The zero-order valence-corrected chi connectivity index (χ0v) is 15.3. The van der Waals surface area contributed by atoms with Crippen molar-refractivity contribution in [2.45, 2.75) is 49.6 Å². The molecule has 2 fully saturated rings. The van der Waals surface area contributed by atoms with E-state index >= 15 is 0 Å². The topological polar surface area (TPSA) is 18.5 Å². The predicted octanol–water partition coefficient (Wildman–Crippen LogP) is 5.05. The van der Waals surface area contributed by atoms with E-state index in [1.165, 1.54) is 38.5 Å². The minimum absolute atomic E-state index is 0.531. The van der Waals surface area contributed by atoms with Crippen LogP contribution in [0.1, 0.15) is 38.5 Å². The van der Waals surface area contributed by atoms with Crippen LogP contribution in [0.15, 0.2) is 47.6 Å². The lowest BCUT2D eigenvalue weighted by molar-refractivity contribution is 0.223. The number of rotatable bonds is 4. The SMILES string of the molecule is CO[Si](OC)(C1CCC2CC=CC=C21)C1CCC2CC=CC=C21. The van der Waals surface area contributed by atoms with Gasteiger partial charge in [-0.05, 0) is 50.4 Å². The summed E-state index contributed by atoms with van der Waals surface area (Å²) in [7, 11) is 1.52. The van der Waals surface area contributed by atoms with E-state index in [1.807, 2.05) is 14.2 Å². The summed E-state index contributed by atoms with van der Waals surface area (Å²) in [6, 6.07) is 0. The first-order chi connectivity index (χ1) is 11.3. The third-order valence-electron chi connectivity index (χ3n) is 6.66. The molecule has 0 spiro atoms. The molecule has 2 saturated carbocycles. The normalized spacial score (nSPS) is 35.7. The van der Waals surface area contributed by atoms with Crippen molar-refractivity contribution in [3.8, 4) is 0 Å². The molecule has 23 heavy (non-hydrogen) atoms. The highest BCUT2D eigenvalue weighted by Gasteiger charge is 2.58. The Morgan fingerprint density at radius 3 is 1.70 bits per heavy atom. The molecule has 0 aliphatic heterocycles. The van der Waals surface area contributed by atoms with Crippen LogP contribution in [0.5, 0.6) is 0 Å². The van der Waals surface area contributed by atoms with Gasteiger partial charge >= 0.3 is 8.56 Å². The monoisotopic (exact) mass is 328 g/mol. The first-order valence-corrected chi connectivity index (χ1v) is 11.1. The second kappa shape index (κ2) is 6.19. The predicted molar refractivity (Wildman–Crippen MR) is 96.4 cm³/mol. The molecule has 4 aliphatic carbocycles. The van der Waals surface area contributed by atoms with Crippen molar-refractivity contribution in [2.24, 2.45) is 11.8 Å². The van der Waals surface area contributed by atoms with Gasteiger partial charge in [0.05, 0.1) is 0 Å². The lowest BCUT2D eigenvalue weighted by atomic mass is 9.94. The summed E-state index contributed by atoms with van der Waals surface area (Å²) in [6.45, 7) is 0. The van der Waals surface area contributed by atoms with Crippen LogP contribution < -0.4 is 0 Å². The number of hydrogen-bond acceptors (Lipinski definition) is 2. The van der Waals surface area contributed by atoms with Crippen molar-refractivity contribution >= 4 is 8.56 Å². The van der Waals surface area contributed by atoms with E-state index in [-0.39, 0.29) is 0 Å². The van der Waals surface area contributed by atoms with E-state index in [1.54, 1.807) is 11.1 Å². The van der Waals surface area contributed by atoms with Crippen molar-refractivity contribution in [3.63, 3.8) is 0 Å². The van der Waals surface area contributed by atoms with Crippen LogP contribution in [-0.4, -0.2) is 22.8 Å². The van der Waals surface area contributed by atoms with Gasteiger partial charge in [0, 0.05) is 25.3 Å². The molecule has 3 heteroatoms. The molecule has 0 heterocycles. The van der Waals surface area contributed by atoms with E-state index in [4.69, 9.17) is 8.85 Å². The van der Waals surface area contributed by atoms with Gasteiger partial charge in [-0.15, -0.1) is 0 Å². The Bertz CT molecular complexity index is 534. The summed E-state index contributed by atoms with van der Waals surface area (Å²) in [6.07, 6.45) is 21.4. The van der Waals surface area contributed by atoms with Gasteiger partial charge in [0.2, 0.25) is 0 Å². The lowest BCUT2D eigenvalue weighted by Crippen LogP contribution is -2.49. The summed E-state index contributed by atoms with van der Waals surface area (Å²) in [5.74, 6) is 1.47. The quantitative estimate of drug-likeness (QED) is 0.672. The van der Waals surface area contributed by atoms with Crippen LogP contribution in [-0.2, 0) is 8.85 Å². The molecule has 2 nitrogen and oxygen atoms in total. The summed E-state index contributed by atoms with van der Waals surface area (Å²) in [5.41, 5.74) is 4.31. The molecule has 4 unspecified atom stereocenters. The average molecular weight is 329 g/mol. The smallest absolute Gasteiger partial charge is 0.352 e. The molecular weight excluding hydrogens is 300 g/mol. The zero-order chi connectivity index (χ0) is 15.9. The van der Waals surface area contributed by atoms with Gasteiger partial charge in [0.1, 0.15) is 0 Å². The molecule has 124 valence electrons. The molecular formula is C20H28O2Si. The molecule has 4 aliphatic rings. The standard InChI is InChI=1S/C20H28O2Si/c1-21-23(22-2,19-13-11-15-7-3-5-9-17(15)19)20-14-12-16-8-4-6-10-18(16)20/h3-6,9-10,15-16,19-20H,7-8,11-14H2,1-2H3. The van der Waals surface area contributed by atoms with Crippen molar-refractivity contribution in [2.75, 3.05) is 14.2 Å². The molecule has 0 aromatic heterocycles. The Morgan fingerprint density at radius 1 is 0.783 bits per heavy atom. The lowest BCUT2D eigenvalue weighted by Gasteiger charge is -2.40. The highest BCUT2D eigenvalue weighted by atomic mass is 28.4. The highest BCUT2D eigenvalue weighted by Crippen LogP contribution is 2.58. The van der Waals surface area contributed by atoms with Crippen LogP contribution in [0.2, 0.25) is 11.1 Å². The summed E-state index contributed by atoms with van der Waals surface area (Å²) in [5, 5.41) is 0. The maximum Gasteiger partial charge on any atom is 0.352 e. The van der Waals surface area contributed by atoms with E-state index in [0.29, 0.717) is 11.1 Å². The fraction of sp³-hybridized carbons (Fsp3) is 0.600. The first kappa shape index (κ1) is 15.6. The molecule has 0 aromatic rings. The van der Waals surface area contributed by atoms with E-state index in [9.17, 15) is 0 Å². The molecule has 0 bridgehead atoms. The van der Waals surface area contributed by atoms with E-state index in [0.717, 1.165) is 11.8 Å². The number of hydrogen-bond donors (Lipinski definition) is 0. The first-order valence-electron chi connectivity index (χ1n) is 9.13. The largest absolute Gasteiger partial charge is 0.397 e. The molecule has 0 aromatic carbocycles. The van der Waals surface area contributed by atoms with Crippen LogP contribution in [0.4, 0.5) is 0 Å². The van der Waals surface area contributed by atoms with Crippen molar-refractivity contribution < 1.29 is 8.85 Å². The minimum atomic E-state index is -2.30. The van der Waals surface area contributed by atoms with Crippen LogP contribution in [0.3, 0.4) is 0 Å². The molecule has 4 rings (SSSR count). The van der Waals surface area contributed by atoms with Crippen molar-refractivity contribution in [3.05, 3.63) is 47.6 Å². The molecule has 0 saturated heterocycles. The van der Waals surface area contributed by atoms with Crippen molar-refractivity contribution in [1.82, 2.24) is 0 Å². The summed E-state index contributed by atoms with van der Waals surface area (Å²) in [4.78, 5) is 0. The molecule has 0 radical (unpaired) electrons. The van der Waals surface area contributed by atoms with Crippen LogP contribution >= 0.6 is 0 Å². The number of fused-ring (bicyclic) bond motifs is 2. The highest BCUT2D eigenvalue weighted by molar-refractivity contribution is 6.72. The maximum atomic E-state index is 6.34. The maximum absolute atomic E-state index is 6.34. The van der Waals surface area contributed by atoms with E-state index < -0.39 is 8.56 Å². The van der Waals surface area contributed by atoms with Gasteiger partial charge in [0.25, 0.3) is 0 Å². The Kier molecular flexibility index (Phi) is 4.20. The second-order valence-electron chi connectivity index (χ2n) is 7.44. The zero-order valence-electron chi connectivity index (χ0n) is 14.3. The summed E-state index contributed by atoms with van der Waals surface area (Å²) >= 11 is 0. The molecule has 0 N–H and O–H groups in total. The van der Waals surface area contributed by atoms with Gasteiger partial charge < -0.3 is 8.85 Å². The Hall–Kier alpha value is -0.903. The Balaban J connectivity index is 1.72. The van der Waals surface area contributed by atoms with Crippen molar-refractivity contribution in [1.29, 1.82) is 0 Å². The summed E-state index contributed by atoms with van der Waals surface area (Å²) < 4.78 is 12.7. The Labute approximate surface area is 141 Å². The number of allylic oxidation sites excluding steroid dienone is 8. The van der Waals surface area contributed by atoms with Gasteiger partial charge in [-0.1, -0.05) is 47.6 Å². The fourth-order valence-electron chi connectivity index (χ4n) is 5.59. The minimum Gasteiger partial charge on any atom is -0.397 e. The van der Waals surface area contributed by atoms with Gasteiger partial charge in [0.15, 0.2) is 0 Å². The average Bonchev–Trinajstić information content (AvgIpc) is 3.23. The molecule has 0 amide bonds. The van der Waals surface area contributed by atoms with Gasteiger partial charge in [-0.25, -0.2) is 0 Å².